The first-order valence-electron chi connectivity index (χ1n) is 10.4. The Morgan fingerprint density at radius 1 is 1.09 bits per heavy atom. The highest BCUT2D eigenvalue weighted by Crippen LogP contribution is 2.36. The number of allylic oxidation sites excluding steroid dienone is 2. The van der Waals surface area contributed by atoms with Crippen LogP contribution in [0.4, 0.5) is 0 Å². The van der Waals surface area contributed by atoms with Gasteiger partial charge in [-0.3, -0.25) is 4.79 Å². The van der Waals surface area contributed by atoms with Gasteiger partial charge >= 0.3 is 0 Å². The van der Waals surface area contributed by atoms with Crippen molar-refractivity contribution >= 4 is 21.3 Å². The highest BCUT2D eigenvalue weighted by atomic mass is 32.2. The van der Waals surface area contributed by atoms with Gasteiger partial charge < -0.3 is 14.7 Å². The van der Waals surface area contributed by atoms with Crippen LogP contribution < -0.4 is 4.74 Å². The number of hydrogen-bond acceptors (Lipinski definition) is 7. The number of rotatable bonds is 8. The number of ether oxygens (including phenoxy) is 1. The number of hydrogen-bond donors (Lipinski definition) is 1. The summed E-state index contributed by atoms with van der Waals surface area (Å²) in [5.41, 5.74) is 1.55. The van der Waals surface area contributed by atoms with Gasteiger partial charge in [-0.05, 0) is 55.2 Å². The molecule has 7 nitrogen and oxygen atoms in total. The van der Waals surface area contributed by atoms with Crippen molar-refractivity contribution in [3.05, 3.63) is 65.4 Å². The summed E-state index contributed by atoms with van der Waals surface area (Å²) in [6, 6.07) is 13.5. The average Bonchev–Trinajstić information content (AvgIpc) is 2.75. The van der Waals surface area contributed by atoms with Gasteiger partial charge in [-0.25, -0.2) is 8.42 Å². The Hall–Kier alpha value is -3.13. The number of ketones is 1. The Morgan fingerprint density at radius 3 is 2.41 bits per heavy atom. The van der Waals surface area contributed by atoms with Gasteiger partial charge in [-0.15, -0.1) is 0 Å². The third-order valence-corrected chi connectivity index (χ3v) is 6.28. The van der Waals surface area contributed by atoms with E-state index in [0.717, 1.165) is 11.8 Å². The van der Waals surface area contributed by atoms with E-state index in [1.807, 2.05) is 13.0 Å². The number of carbonyl (C=O) groups excluding carboxylic acids is 1. The van der Waals surface area contributed by atoms with Crippen molar-refractivity contribution in [2.24, 2.45) is 5.16 Å². The second kappa shape index (κ2) is 9.99. The van der Waals surface area contributed by atoms with Gasteiger partial charge in [0.05, 0.1) is 16.2 Å². The molecule has 0 spiro atoms. The summed E-state index contributed by atoms with van der Waals surface area (Å²) in [5.74, 6) is 0.545. The zero-order chi connectivity index (χ0) is 23.3. The molecule has 2 aromatic rings. The van der Waals surface area contributed by atoms with Crippen LogP contribution in [0.25, 0.3) is 0 Å². The maximum absolute atomic E-state index is 12.8. The van der Waals surface area contributed by atoms with E-state index in [4.69, 9.17) is 9.57 Å². The molecule has 0 radical (unpaired) electrons. The minimum atomic E-state index is -3.34. The Morgan fingerprint density at radius 2 is 1.78 bits per heavy atom. The lowest BCUT2D eigenvalue weighted by Gasteiger charge is -2.24. The molecule has 0 aromatic heterocycles. The Kier molecular flexibility index (Phi) is 7.35. The van der Waals surface area contributed by atoms with E-state index in [1.54, 1.807) is 37.3 Å². The van der Waals surface area contributed by atoms with Crippen molar-refractivity contribution in [1.29, 1.82) is 0 Å². The first-order chi connectivity index (χ1) is 15.2. The molecule has 1 unspecified atom stereocenters. The lowest BCUT2D eigenvalue weighted by Crippen LogP contribution is -2.23. The van der Waals surface area contributed by atoms with Crippen LogP contribution in [-0.2, 0) is 19.5 Å². The number of benzene rings is 2. The number of carbonyl (C=O) groups is 1. The summed E-state index contributed by atoms with van der Waals surface area (Å²) in [6.07, 6.45) is 2.16. The number of oxime groups is 1. The molecule has 2 aromatic carbocycles. The standard InChI is InChI=1S/C24H27NO6S/c1-4-21(25-30-5-2)24-22(26)13-17(14-23(24)27)16-8-6-9-18(12-16)31-19-10-7-11-20(15-19)32(3,28)29/h6-12,15,17,26H,4-5,13-14H2,1-3H3/b25-21-. The summed E-state index contributed by atoms with van der Waals surface area (Å²) in [5, 5.41) is 14.6. The van der Waals surface area contributed by atoms with E-state index < -0.39 is 9.84 Å². The van der Waals surface area contributed by atoms with Crippen LogP contribution in [-0.4, -0.2) is 37.9 Å². The third kappa shape index (κ3) is 5.56. The van der Waals surface area contributed by atoms with E-state index in [2.05, 4.69) is 5.16 Å². The molecule has 32 heavy (non-hydrogen) atoms. The summed E-state index contributed by atoms with van der Waals surface area (Å²) in [7, 11) is -3.34. The van der Waals surface area contributed by atoms with Gasteiger partial charge in [-0.2, -0.15) is 0 Å². The first-order valence-corrected chi connectivity index (χ1v) is 12.3. The van der Waals surface area contributed by atoms with Crippen molar-refractivity contribution < 1.29 is 27.9 Å². The summed E-state index contributed by atoms with van der Waals surface area (Å²) in [4.78, 5) is 18.1. The van der Waals surface area contributed by atoms with Crippen LogP contribution in [0.1, 0.15) is 44.6 Å². The van der Waals surface area contributed by atoms with Gasteiger partial charge in [-0.1, -0.05) is 30.3 Å². The molecule has 0 saturated heterocycles. The minimum absolute atomic E-state index is 0.0127. The molecule has 0 bridgehead atoms. The molecule has 0 saturated carbocycles. The maximum atomic E-state index is 12.8. The fraction of sp³-hybridized carbons (Fsp3) is 0.333. The second-order valence-corrected chi connectivity index (χ2v) is 9.60. The predicted molar refractivity (Wildman–Crippen MR) is 122 cm³/mol. The molecule has 1 N–H and O–H groups in total. The number of aliphatic hydroxyl groups excluding tert-OH is 1. The molecule has 3 rings (SSSR count). The second-order valence-electron chi connectivity index (χ2n) is 7.58. The van der Waals surface area contributed by atoms with Crippen molar-refractivity contribution in [2.75, 3.05) is 12.9 Å². The Bertz CT molecular complexity index is 1170. The number of sulfone groups is 1. The van der Waals surface area contributed by atoms with Crippen LogP contribution in [0.5, 0.6) is 11.5 Å². The normalized spacial score (nSPS) is 17.4. The van der Waals surface area contributed by atoms with E-state index in [9.17, 15) is 18.3 Å². The molecule has 1 aliphatic rings. The van der Waals surface area contributed by atoms with Crippen molar-refractivity contribution in [2.45, 2.75) is 43.9 Å². The lowest BCUT2D eigenvalue weighted by atomic mass is 9.81. The van der Waals surface area contributed by atoms with E-state index in [1.165, 1.54) is 12.1 Å². The number of nitrogens with zero attached hydrogens (tertiary/aromatic N) is 1. The molecular formula is C24H27NO6S. The van der Waals surface area contributed by atoms with Crippen molar-refractivity contribution in [1.82, 2.24) is 0 Å². The van der Waals surface area contributed by atoms with Gasteiger partial charge in [0.15, 0.2) is 15.6 Å². The zero-order valence-corrected chi connectivity index (χ0v) is 19.2. The SMILES string of the molecule is CCO/N=C(/CC)C1=C(O)CC(c2cccc(Oc3cccc(S(C)(=O)=O)c3)c2)CC1=O. The van der Waals surface area contributed by atoms with E-state index in [-0.39, 0.29) is 34.3 Å². The highest BCUT2D eigenvalue weighted by molar-refractivity contribution is 7.90. The summed E-state index contributed by atoms with van der Waals surface area (Å²) in [6.45, 7) is 4.04. The van der Waals surface area contributed by atoms with Crippen LogP contribution >= 0.6 is 0 Å². The van der Waals surface area contributed by atoms with E-state index in [0.29, 0.717) is 36.7 Å². The van der Waals surface area contributed by atoms with Crippen LogP contribution in [0.15, 0.2) is 69.9 Å². The molecule has 0 heterocycles. The van der Waals surface area contributed by atoms with Crippen molar-refractivity contribution in [3.8, 4) is 11.5 Å². The smallest absolute Gasteiger partial charge is 0.175 e. The third-order valence-electron chi connectivity index (χ3n) is 5.17. The van der Waals surface area contributed by atoms with Crippen LogP contribution in [0.2, 0.25) is 0 Å². The van der Waals surface area contributed by atoms with E-state index >= 15 is 0 Å². The Labute approximate surface area is 188 Å². The number of Topliss-reactive ketones (excluding diaryl/α,β-unsaturated/α-hetero) is 1. The van der Waals surface area contributed by atoms with Gasteiger partial charge in [0.1, 0.15) is 23.9 Å². The largest absolute Gasteiger partial charge is 0.511 e. The molecule has 0 fully saturated rings. The number of aliphatic hydroxyl groups is 1. The molecule has 0 aliphatic heterocycles. The quantitative estimate of drug-likeness (QED) is 0.445. The van der Waals surface area contributed by atoms with Gasteiger partial charge in [0, 0.05) is 19.1 Å². The topological polar surface area (TPSA) is 102 Å². The maximum Gasteiger partial charge on any atom is 0.175 e. The first kappa shape index (κ1) is 23.5. The molecule has 0 amide bonds. The lowest BCUT2D eigenvalue weighted by molar-refractivity contribution is -0.116. The minimum Gasteiger partial charge on any atom is -0.511 e. The van der Waals surface area contributed by atoms with Crippen LogP contribution in [0.3, 0.4) is 0 Å². The summed E-state index contributed by atoms with van der Waals surface area (Å²) < 4.78 is 29.4. The van der Waals surface area contributed by atoms with Gasteiger partial charge in [0.2, 0.25) is 0 Å². The fourth-order valence-corrected chi connectivity index (χ4v) is 4.28. The molecular weight excluding hydrogens is 430 g/mol. The fourth-order valence-electron chi connectivity index (χ4n) is 3.62. The molecule has 8 heteroatoms. The molecule has 1 aliphatic carbocycles. The average molecular weight is 458 g/mol. The summed E-state index contributed by atoms with van der Waals surface area (Å²) >= 11 is 0. The Balaban J connectivity index is 1.83. The van der Waals surface area contributed by atoms with Gasteiger partial charge in [0.25, 0.3) is 0 Å². The highest BCUT2D eigenvalue weighted by Gasteiger charge is 2.31. The van der Waals surface area contributed by atoms with Crippen molar-refractivity contribution in [3.63, 3.8) is 0 Å². The van der Waals surface area contributed by atoms with Crippen LogP contribution in [0, 0.1) is 0 Å². The zero-order valence-electron chi connectivity index (χ0n) is 18.4. The monoisotopic (exact) mass is 457 g/mol. The molecule has 1 atom stereocenters. The predicted octanol–water partition coefficient (Wildman–Crippen LogP) is 4.94. The molecule has 170 valence electrons.